The van der Waals surface area contributed by atoms with Crippen LogP contribution in [0.4, 0.5) is 13.2 Å². The molecular weight excluding hydrogens is 427 g/mol. The molecule has 33 heavy (non-hydrogen) atoms. The summed E-state index contributed by atoms with van der Waals surface area (Å²) < 4.78 is 41.8. The molecule has 1 aliphatic rings. The Hall–Kier alpha value is -1.56. The molecule has 3 nitrogen and oxygen atoms in total. The molecule has 1 saturated carbocycles. The molecule has 0 heterocycles. The molecule has 3 unspecified atom stereocenters. The largest absolute Gasteiger partial charge is 0.573 e. The molecule has 1 aromatic carbocycles. The van der Waals surface area contributed by atoms with E-state index in [1.165, 1.54) is 31.4 Å². The first-order valence-electron chi connectivity index (χ1n) is 12.6. The summed E-state index contributed by atoms with van der Waals surface area (Å²) in [6.45, 7) is 6.41. The van der Waals surface area contributed by atoms with E-state index in [2.05, 4.69) is 23.6 Å². The second kappa shape index (κ2) is 13.4. The van der Waals surface area contributed by atoms with Gasteiger partial charge < -0.3 is 9.84 Å². The third-order valence-corrected chi connectivity index (χ3v) is 7.61. The van der Waals surface area contributed by atoms with Gasteiger partial charge in [-0.3, -0.25) is 4.99 Å². The standard InChI is InChI=1S/C27H42F3NO2/c1-5-21(8-6-9-22-12-15-24(32)16-13-22)14-17-26(31-4)20(3)19(2)23-10-7-11-25(18-23)33-27(28,29)30/h7,10-11,18-22,24,32H,5-6,8-9,12-17H2,1-4H3. The van der Waals surface area contributed by atoms with Gasteiger partial charge in [0, 0.05) is 18.7 Å². The van der Waals surface area contributed by atoms with Gasteiger partial charge >= 0.3 is 6.36 Å². The van der Waals surface area contributed by atoms with Gasteiger partial charge in [-0.05, 0) is 74.0 Å². The van der Waals surface area contributed by atoms with Crippen LogP contribution >= 0.6 is 0 Å². The molecule has 1 aliphatic carbocycles. The Balaban J connectivity index is 1.85. The maximum Gasteiger partial charge on any atom is 0.573 e. The number of benzene rings is 1. The lowest BCUT2D eigenvalue weighted by molar-refractivity contribution is -0.274. The fraction of sp³-hybridized carbons (Fsp3) is 0.741. The summed E-state index contributed by atoms with van der Waals surface area (Å²) in [6, 6.07) is 6.30. The quantitative estimate of drug-likeness (QED) is 0.316. The van der Waals surface area contributed by atoms with Gasteiger partial charge in [0.15, 0.2) is 0 Å². The molecule has 188 valence electrons. The van der Waals surface area contributed by atoms with Crippen molar-refractivity contribution in [2.45, 2.75) is 103 Å². The van der Waals surface area contributed by atoms with E-state index >= 15 is 0 Å². The molecule has 1 fully saturated rings. The summed E-state index contributed by atoms with van der Waals surface area (Å²) in [4.78, 5) is 4.57. The number of hydrogen-bond donors (Lipinski definition) is 1. The maximum atomic E-state index is 12.6. The van der Waals surface area contributed by atoms with Crippen molar-refractivity contribution in [3.8, 4) is 5.75 Å². The van der Waals surface area contributed by atoms with Crippen LogP contribution in [0.25, 0.3) is 0 Å². The average molecular weight is 470 g/mol. The van der Waals surface area contributed by atoms with Crippen molar-refractivity contribution in [2.24, 2.45) is 22.7 Å². The summed E-state index contributed by atoms with van der Waals surface area (Å²) >= 11 is 0. The number of ether oxygens (including phenoxy) is 1. The van der Waals surface area contributed by atoms with Crippen molar-refractivity contribution in [3.63, 3.8) is 0 Å². The third kappa shape index (κ3) is 9.68. The molecule has 6 heteroatoms. The molecule has 0 radical (unpaired) electrons. The van der Waals surface area contributed by atoms with Crippen LogP contribution in [-0.2, 0) is 0 Å². The molecule has 0 aromatic heterocycles. The highest BCUT2D eigenvalue weighted by Gasteiger charge is 2.31. The first-order valence-corrected chi connectivity index (χ1v) is 12.6. The minimum absolute atomic E-state index is 0.0437. The third-order valence-electron chi connectivity index (χ3n) is 7.61. The lowest BCUT2D eigenvalue weighted by atomic mass is 9.81. The predicted octanol–water partition coefficient (Wildman–Crippen LogP) is 7.92. The summed E-state index contributed by atoms with van der Waals surface area (Å²) in [5.41, 5.74) is 1.96. The summed E-state index contributed by atoms with van der Waals surface area (Å²) in [5.74, 6) is 1.45. The van der Waals surface area contributed by atoms with Crippen LogP contribution in [0.15, 0.2) is 29.3 Å². The van der Waals surface area contributed by atoms with Crippen molar-refractivity contribution in [3.05, 3.63) is 29.8 Å². The molecule has 3 atom stereocenters. The van der Waals surface area contributed by atoms with Gasteiger partial charge in [0.25, 0.3) is 0 Å². The highest BCUT2D eigenvalue weighted by molar-refractivity contribution is 5.87. The van der Waals surface area contributed by atoms with Gasteiger partial charge in [-0.1, -0.05) is 58.6 Å². The van der Waals surface area contributed by atoms with Gasteiger partial charge in [-0.2, -0.15) is 0 Å². The normalized spacial score (nSPS) is 22.6. The van der Waals surface area contributed by atoms with Crippen LogP contribution in [0.5, 0.6) is 5.75 Å². The fourth-order valence-electron chi connectivity index (χ4n) is 5.15. The molecule has 0 amide bonds. The van der Waals surface area contributed by atoms with Crippen molar-refractivity contribution < 1.29 is 23.0 Å². The van der Waals surface area contributed by atoms with Crippen LogP contribution in [0.1, 0.15) is 96.5 Å². The van der Waals surface area contributed by atoms with E-state index in [-0.39, 0.29) is 23.7 Å². The molecule has 1 aromatic rings. The number of halogens is 3. The summed E-state index contributed by atoms with van der Waals surface area (Å²) in [5, 5.41) is 9.68. The van der Waals surface area contributed by atoms with E-state index in [0.29, 0.717) is 5.92 Å². The molecule has 1 N–H and O–H groups in total. The zero-order chi connectivity index (χ0) is 24.4. The van der Waals surface area contributed by atoms with Crippen molar-refractivity contribution in [1.29, 1.82) is 0 Å². The molecule has 0 spiro atoms. The highest BCUT2D eigenvalue weighted by atomic mass is 19.4. The Morgan fingerprint density at radius 3 is 2.45 bits per heavy atom. The van der Waals surface area contributed by atoms with Crippen LogP contribution in [-0.4, -0.2) is 30.3 Å². The van der Waals surface area contributed by atoms with E-state index < -0.39 is 6.36 Å². The smallest absolute Gasteiger partial charge is 0.406 e. The van der Waals surface area contributed by atoms with E-state index in [1.807, 2.05) is 20.0 Å². The molecule has 2 rings (SSSR count). The Morgan fingerprint density at radius 1 is 1.15 bits per heavy atom. The Labute approximate surface area is 197 Å². The van der Waals surface area contributed by atoms with Crippen LogP contribution in [0.2, 0.25) is 0 Å². The zero-order valence-electron chi connectivity index (χ0n) is 20.7. The van der Waals surface area contributed by atoms with Crippen LogP contribution < -0.4 is 4.74 Å². The van der Waals surface area contributed by atoms with Crippen LogP contribution in [0, 0.1) is 17.8 Å². The second-order valence-corrected chi connectivity index (χ2v) is 9.83. The number of rotatable bonds is 12. The molecule has 0 bridgehead atoms. The Bertz CT molecular complexity index is 726. The number of nitrogens with zero attached hydrogens (tertiary/aromatic N) is 1. The summed E-state index contributed by atoms with van der Waals surface area (Å²) in [6.07, 6.45) is 6.39. The molecule has 0 aliphatic heterocycles. The first kappa shape index (κ1) is 27.7. The SMILES string of the molecule is CCC(CCCC1CCC(O)CC1)CCC(=NC)C(C)C(C)c1cccc(OC(F)(F)F)c1. The number of aliphatic imine (C=N–C) groups is 1. The average Bonchev–Trinajstić information content (AvgIpc) is 2.77. The van der Waals surface area contributed by atoms with Gasteiger partial charge in [-0.25, -0.2) is 0 Å². The van der Waals surface area contributed by atoms with Crippen LogP contribution in [0.3, 0.4) is 0 Å². The topological polar surface area (TPSA) is 41.8 Å². The second-order valence-electron chi connectivity index (χ2n) is 9.83. The zero-order valence-corrected chi connectivity index (χ0v) is 20.7. The van der Waals surface area contributed by atoms with Crippen molar-refractivity contribution in [2.75, 3.05) is 7.05 Å². The van der Waals surface area contributed by atoms with Crippen molar-refractivity contribution >= 4 is 5.71 Å². The monoisotopic (exact) mass is 469 g/mol. The van der Waals surface area contributed by atoms with Gasteiger partial charge in [0.05, 0.1) is 6.10 Å². The summed E-state index contributed by atoms with van der Waals surface area (Å²) in [7, 11) is 1.82. The Morgan fingerprint density at radius 2 is 1.85 bits per heavy atom. The Kier molecular flexibility index (Phi) is 11.2. The van der Waals surface area contributed by atoms with E-state index in [4.69, 9.17) is 0 Å². The predicted molar refractivity (Wildman–Crippen MR) is 129 cm³/mol. The number of hydrogen-bond acceptors (Lipinski definition) is 3. The first-order chi connectivity index (χ1) is 15.6. The van der Waals surface area contributed by atoms with Gasteiger partial charge in [0.2, 0.25) is 0 Å². The van der Waals surface area contributed by atoms with E-state index in [9.17, 15) is 18.3 Å². The lowest BCUT2D eigenvalue weighted by Gasteiger charge is -2.26. The van der Waals surface area contributed by atoms with Gasteiger partial charge in [-0.15, -0.1) is 13.2 Å². The number of alkyl halides is 3. The minimum atomic E-state index is -4.68. The van der Waals surface area contributed by atoms with E-state index in [0.717, 1.165) is 62.1 Å². The lowest BCUT2D eigenvalue weighted by Crippen LogP contribution is -2.20. The molecular formula is C27H42F3NO2. The molecule has 0 saturated heterocycles. The number of aliphatic hydroxyl groups excluding tert-OH is 1. The number of aliphatic hydroxyl groups is 1. The van der Waals surface area contributed by atoms with E-state index in [1.54, 1.807) is 6.07 Å². The fourth-order valence-corrected chi connectivity index (χ4v) is 5.15. The minimum Gasteiger partial charge on any atom is -0.406 e. The maximum absolute atomic E-state index is 12.6. The van der Waals surface area contributed by atoms with Gasteiger partial charge in [0.1, 0.15) is 5.75 Å². The van der Waals surface area contributed by atoms with Crippen molar-refractivity contribution in [1.82, 2.24) is 0 Å². The highest BCUT2D eigenvalue weighted by Crippen LogP contribution is 2.33.